The van der Waals surface area contributed by atoms with Crippen molar-refractivity contribution in [2.24, 2.45) is 10.9 Å². The Morgan fingerprint density at radius 1 is 1.15 bits per heavy atom. The predicted molar refractivity (Wildman–Crippen MR) is 104 cm³/mol. The van der Waals surface area contributed by atoms with Gasteiger partial charge in [-0.2, -0.15) is 0 Å². The summed E-state index contributed by atoms with van der Waals surface area (Å²) in [6, 6.07) is 0. The molecule has 1 aliphatic carbocycles. The van der Waals surface area contributed by atoms with E-state index >= 15 is 0 Å². The summed E-state index contributed by atoms with van der Waals surface area (Å²) < 4.78 is 17.8. The standard InChI is InChI=1S/C20H37N3O3/c1-3-24-17(16-7-4-5-8-16)10-11-22-20(21-2)23-12-14-26-19(15-23)18-9-6-13-25-18/h16-19H,3-15H2,1-2H3,(H,21,22). The molecule has 6 heteroatoms. The highest BCUT2D eigenvalue weighted by Crippen LogP contribution is 2.30. The van der Waals surface area contributed by atoms with Crippen molar-refractivity contribution in [3.05, 3.63) is 0 Å². The van der Waals surface area contributed by atoms with Crippen LogP contribution < -0.4 is 5.32 Å². The van der Waals surface area contributed by atoms with E-state index in [4.69, 9.17) is 14.2 Å². The molecule has 3 fully saturated rings. The molecule has 1 N–H and O–H groups in total. The van der Waals surface area contributed by atoms with E-state index in [0.717, 1.165) is 70.6 Å². The van der Waals surface area contributed by atoms with E-state index in [0.29, 0.717) is 6.10 Å². The first-order valence-electron chi connectivity index (χ1n) is 10.6. The summed E-state index contributed by atoms with van der Waals surface area (Å²) in [6.07, 6.45) is 9.50. The number of rotatable bonds is 7. The molecule has 150 valence electrons. The molecule has 3 unspecified atom stereocenters. The van der Waals surface area contributed by atoms with Crippen molar-refractivity contribution in [2.75, 3.05) is 46.5 Å². The number of guanidine groups is 1. The van der Waals surface area contributed by atoms with Crippen LogP contribution in [-0.4, -0.2) is 75.7 Å². The molecule has 0 aromatic carbocycles. The van der Waals surface area contributed by atoms with Gasteiger partial charge in [0.2, 0.25) is 0 Å². The summed E-state index contributed by atoms with van der Waals surface area (Å²) in [5.41, 5.74) is 0. The van der Waals surface area contributed by atoms with Crippen molar-refractivity contribution in [3.8, 4) is 0 Å². The van der Waals surface area contributed by atoms with Crippen LogP contribution in [0.4, 0.5) is 0 Å². The van der Waals surface area contributed by atoms with Crippen molar-refractivity contribution >= 4 is 5.96 Å². The van der Waals surface area contributed by atoms with Crippen LogP contribution in [0, 0.1) is 5.92 Å². The van der Waals surface area contributed by atoms with E-state index in [9.17, 15) is 0 Å². The van der Waals surface area contributed by atoms with E-state index in [1.807, 2.05) is 7.05 Å². The molecular weight excluding hydrogens is 330 g/mol. The van der Waals surface area contributed by atoms with E-state index in [1.165, 1.54) is 25.7 Å². The fraction of sp³-hybridized carbons (Fsp3) is 0.950. The lowest BCUT2D eigenvalue weighted by atomic mass is 9.98. The number of nitrogens with one attached hydrogen (secondary N) is 1. The molecule has 0 amide bonds. The van der Waals surface area contributed by atoms with Gasteiger partial charge in [0.1, 0.15) is 6.10 Å². The number of hydrogen-bond donors (Lipinski definition) is 1. The maximum Gasteiger partial charge on any atom is 0.193 e. The Morgan fingerprint density at radius 3 is 2.65 bits per heavy atom. The van der Waals surface area contributed by atoms with Gasteiger partial charge < -0.3 is 24.4 Å². The number of nitrogens with zero attached hydrogens (tertiary/aromatic N) is 2. The van der Waals surface area contributed by atoms with Crippen molar-refractivity contribution in [2.45, 2.75) is 70.2 Å². The van der Waals surface area contributed by atoms with Gasteiger partial charge >= 0.3 is 0 Å². The second-order valence-corrected chi connectivity index (χ2v) is 7.71. The number of aliphatic imine (C=N–C) groups is 1. The second-order valence-electron chi connectivity index (χ2n) is 7.71. The lowest BCUT2D eigenvalue weighted by Crippen LogP contribution is -2.53. The molecule has 26 heavy (non-hydrogen) atoms. The monoisotopic (exact) mass is 367 g/mol. The van der Waals surface area contributed by atoms with Crippen LogP contribution >= 0.6 is 0 Å². The molecule has 2 heterocycles. The first-order valence-corrected chi connectivity index (χ1v) is 10.6. The fourth-order valence-corrected chi connectivity index (χ4v) is 4.65. The molecule has 0 spiro atoms. The molecular formula is C20H37N3O3. The van der Waals surface area contributed by atoms with Crippen molar-refractivity contribution in [1.82, 2.24) is 10.2 Å². The zero-order valence-electron chi connectivity index (χ0n) is 16.6. The zero-order valence-corrected chi connectivity index (χ0v) is 16.6. The highest BCUT2D eigenvalue weighted by atomic mass is 16.5. The second kappa shape index (κ2) is 10.5. The average Bonchev–Trinajstić information content (AvgIpc) is 3.38. The smallest absolute Gasteiger partial charge is 0.193 e. The third-order valence-corrected chi connectivity index (χ3v) is 6.00. The summed E-state index contributed by atoms with van der Waals surface area (Å²) in [7, 11) is 1.87. The van der Waals surface area contributed by atoms with Crippen LogP contribution in [-0.2, 0) is 14.2 Å². The van der Waals surface area contributed by atoms with Gasteiger partial charge in [0.05, 0.1) is 18.8 Å². The minimum Gasteiger partial charge on any atom is -0.378 e. The van der Waals surface area contributed by atoms with Crippen LogP contribution in [0.15, 0.2) is 4.99 Å². The largest absolute Gasteiger partial charge is 0.378 e. The van der Waals surface area contributed by atoms with E-state index in [-0.39, 0.29) is 12.2 Å². The Labute approximate surface area is 158 Å². The molecule has 3 atom stereocenters. The Morgan fingerprint density at radius 2 is 1.96 bits per heavy atom. The summed E-state index contributed by atoms with van der Waals surface area (Å²) >= 11 is 0. The number of morpholine rings is 1. The Bertz CT molecular complexity index is 434. The van der Waals surface area contributed by atoms with E-state index < -0.39 is 0 Å². The Balaban J connectivity index is 1.45. The Kier molecular flexibility index (Phi) is 8.02. The van der Waals surface area contributed by atoms with Gasteiger partial charge in [0.15, 0.2) is 5.96 Å². The van der Waals surface area contributed by atoms with Gasteiger partial charge in [-0.05, 0) is 44.9 Å². The van der Waals surface area contributed by atoms with Crippen molar-refractivity contribution < 1.29 is 14.2 Å². The third kappa shape index (κ3) is 5.33. The van der Waals surface area contributed by atoms with Crippen LogP contribution in [0.2, 0.25) is 0 Å². The van der Waals surface area contributed by atoms with E-state index in [2.05, 4.69) is 22.1 Å². The molecule has 1 saturated carbocycles. The van der Waals surface area contributed by atoms with Gasteiger partial charge in [-0.25, -0.2) is 0 Å². The third-order valence-electron chi connectivity index (χ3n) is 6.00. The quantitative estimate of drug-likeness (QED) is 0.553. The summed E-state index contributed by atoms with van der Waals surface area (Å²) in [4.78, 5) is 6.83. The highest BCUT2D eigenvalue weighted by Gasteiger charge is 2.32. The molecule has 2 aliphatic heterocycles. The van der Waals surface area contributed by atoms with E-state index in [1.54, 1.807) is 0 Å². The highest BCUT2D eigenvalue weighted by molar-refractivity contribution is 5.80. The lowest BCUT2D eigenvalue weighted by Gasteiger charge is -2.37. The molecule has 3 aliphatic rings. The van der Waals surface area contributed by atoms with Gasteiger partial charge in [-0.3, -0.25) is 4.99 Å². The van der Waals surface area contributed by atoms with Crippen LogP contribution in [0.3, 0.4) is 0 Å². The van der Waals surface area contributed by atoms with Gasteiger partial charge in [-0.1, -0.05) is 12.8 Å². The lowest BCUT2D eigenvalue weighted by molar-refractivity contribution is -0.0817. The first kappa shape index (κ1) is 19.9. The summed E-state index contributed by atoms with van der Waals surface area (Å²) in [6.45, 7) is 7.19. The van der Waals surface area contributed by atoms with Crippen molar-refractivity contribution in [1.29, 1.82) is 0 Å². The van der Waals surface area contributed by atoms with Crippen LogP contribution in [0.5, 0.6) is 0 Å². The zero-order chi connectivity index (χ0) is 18.2. The maximum atomic E-state index is 6.04. The first-order chi connectivity index (χ1) is 12.8. The maximum absolute atomic E-state index is 6.04. The molecule has 0 aromatic rings. The topological polar surface area (TPSA) is 55.3 Å². The molecule has 6 nitrogen and oxygen atoms in total. The van der Waals surface area contributed by atoms with Gasteiger partial charge in [0, 0.05) is 39.9 Å². The molecule has 0 radical (unpaired) electrons. The Hall–Kier alpha value is -0.850. The molecule has 0 aromatic heterocycles. The molecule has 0 bridgehead atoms. The number of ether oxygens (including phenoxy) is 3. The normalized spacial score (nSPS) is 29.3. The van der Waals surface area contributed by atoms with Crippen molar-refractivity contribution in [3.63, 3.8) is 0 Å². The minimum atomic E-state index is 0.166. The van der Waals surface area contributed by atoms with Gasteiger partial charge in [-0.15, -0.1) is 0 Å². The molecule has 2 saturated heterocycles. The predicted octanol–water partition coefficient (Wildman–Crippen LogP) is 2.43. The average molecular weight is 368 g/mol. The summed E-state index contributed by atoms with van der Waals surface area (Å²) in [5, 5.41) is 3.56. The summed E-state index contributed by atoms with van der Waals surface area (Å²) in [5.74, 6) is 1.73. The fourth-order valence-electron chi connectivity index (χ4n) is 4.65. The van der Waals surface area contributed by atoms with Crippen LogP contribution in [0.25, 0.3) is 0 Å². The van der Waals surface area contributed by atoms with Gasteiger partial charge in [0.25, 0.3) is 0 Å². The minimum absolute atomic E-state index is 0.166. The van der Waals surface area contributed by atoms with Crippen LogP contribution in [0.1, 0.15) is 51.9 Å². The SMILES string of the molecule is CCOC(CCNC(=NC)N1CCOC(C2CCCO2)C1)C1CCCC1. The number of hydrogen-bond acceptors (Lipinski definition) is 4. The molecule has 3 rings (SSSR count).